The van der Waals surface area contributed by atoms with Crippen LogP contribution in [0, 0.1) is 31.1 Å². The number of carbonyl (C=O) groups excluding carboxylic acids is 2. The van der Waals surface area contributed by atoms with E-state index < -0.39 is 17.4 Å². The van der Waals surface area contributed by atoms with Crippen molar-refractivity contribution in [2.75, 3.05) is 6.61 Å². The van der Waals surface area contributed by atoms with Gasteiger partial charge < -0.3 is 14.6 Å². The van der Waals surface area contributed by atoms with Crippen LogP contribution < -0.4 is 5.32 Å². The molecule has 1 amide bonds. The SMILES string of the molecule is Cc1ccc(C)n1CC(=O)OCC(=O)NC(C)(C#N)C1CC1. The number of aromatic nitrogens is 1. The van der Waals surface area contributed by atoms with Gasteiger partial charge in [-0.3, -0.25) is 9.59 Å². The molecule has 6 nitrogen and oxygen atoms in total. The highest BCUT2D eigenvalue weighted by Gasteiger charge is 2.43. The maximum absolute atomic E-state index is 11.8. The molecule has 0 saturated heterocycles. The molecule has 2 rings (SSSR count). The van der Waals surface area contributed by atoms with Crippen LogP contribution in [0.2, 0.25) is 0 Å². The largest absolute Gasteiger partial charge is 0.454 e. The van der Waals surface area contributed by atoms with E-state index in [1.165, 1.54) is 0 Å². The Kier molecular flexibility index (Phi) is 4.55. The molecular formula is C16H21N3O3. The molecular weight excluding hydrogens is 282 g/mol. The van der Waals surface area contributed by atoms with Gasteiger partial charge in [-0.25, -0.2) is 0 Å². The van der Waals surface area contributed by atoms with Crippen molar-refractivity contribution in [3.8, 4) is 6.07 Å². The van der Waals surface area contributed by atoms with E-state index in [0.717, 1.165) is 24.2 Å². The molecule has 0 radical (unpaired) electrons. The molecule has 0 bridgehead atoms. The van der Waals surface area contributed by atoms with Crippen LogP contribution in [-0.2, 0) is 20.9 Å². The molecule has 1 aliphatic rings. The van der Waals surface area contributed by atoms with E-state index in [4.69, 9.17) is 4.74 Å². The topological polar surface area (TPSA) is 84.1 Å². The fraction of sp³-hybridized carbons (Fsp3) is 0.562. The van der Waals surface area contributed by atoms with Crippen molar-refractivity contribution in [2.24, 2.45) is 5.92 Å². The molecule has 22 heavy (non-hydrogen) atoms. The van der Waals surface area contributed by atoms with Gasteiger partial charge in [-0.2, -0.15) is 5.26 Å². The number of esters is 1. The van der Waals surface area contributed by atoms with Crippen LogP contribution in [-0.4, -0.2) is 28.6 Å². The van der Waals surface area contributed by atoms with E-state index in [2.05, 4.69) is 11.4 Å². The van der Waals surface area contributed by atoms with Gasteiger partial charge in [0.05, 0.1) is 6.07 Å². The first-order valence-corrected chi connectivity index (χ1v) is 7.36. The molecule has 1 aromatic rings. The third kappa shape index (κ3) is 3.67. The first kappa shape index (κ1) is 16.1. The second-order valence-electron chi connectivity index (χ2n) is 6.00. The third-order valence-corrected chi connectivity index (χ3v) is 4.09. The molecule has 118 valence electrons. The molecule has 1 heterocycles. The second kappa shape index (κ2) is 6.22. The normalized spacial score (nSPS) is 16.5. The number of nitriles is 1. The van der Waals surface area contributed by atoms with E-state index in [-0.39, 0.29) is 19.1 Å². The minimum atomic E-state index is -0.864. The molecule has 6 heteroatoms. The quantitative estimate of drug-likeness (QED) is 0.806. The Morgan fingerprint density at radius 2 is 2.00 bits per heavy atom. The van der Waals surface area contributed by atoms with Crippen LogP contribution in [0.15, 0.2) is 12.1 Å². The molecule has 1 N–H and O–H groups in total. The molecule has 1 aliphatic carbocycles. The Morgan fingerprint density at radius 3 is 2.50 bits per heavy atom. The van der Waals surface area contributed by atoms with Crippen LogP contribution in [0.25, 0.3) is 0 Å². The monoisotopic (exact) mass is 303 g/mol. The first-order chi connectivity index (χ1) is 10.4. The van der Waals surface area contributed by atoms with Crippen molar-refractivity contribution in [2.45, 2.75) is 45.7 Å². The van der Waals surface area contributed by atoms with Crippen LogP contribution in [0.1, 0.15) is 31.2 Å². The summed E-state index contributed by atoms with van der Waals surface area (Å²) in [6, 6.07) is 5.97. The van der Waals surface area contributed by atoms with Crippen molar-refractivity contribution >= 4 is 11.9 Å². The standard InChI is InChI=1S/C16H21N3O3/c1-11-4-5-12(2)19(11)8-15(21)22-9-14(20)18-16(3,10-17)13-6-7-13/h4-5,13H,6-9H2,1-3H3,(H,18,20). The van der Waals surface area contributed by atoms with E-state index in [1.54, 1.807) is 6.92 Å². The lowest BCUT2D eigenvalue weighted by atomic mass is 9.98. The average Bonchev–Trinajstić information content (AvgIpc) is 3.28. The average molecular weight is 303 g/mol. The van der Waals surface area contributed by atoms with E-state index >= 15 is 0 Å². The molecule has 1 saturated carbocycles. The van der Waals surface area contributed by atoms with Crippen LogP contribution >= 0.6 is 0 Å². The van der Waals surface area contributed by atoms with Gasteiger partial charge in [0, 0.05) is 11.4 Å². The van der Waals surface area contributed by atoms with Gasteiger partial charge >= 0.3 is 5.97 Å². The molecule has 0 spiro atoms. The summed E-state index contributed by atoms with van der Waals surface area (Å²) in [7, 11) is 0. The Balaban J connectivity index is 1.81. The van der Waals surface area contributed by atoms with Gasteiger partial charge in [0.2, 0.25) is 0 Å². The smallest absolute Gasteiger partial charge is 0.326 e. The lowest BCUT2D eigenvalue weighted by molar-refractivity contribution is -0.149. The van der Waals surface area contributed by atoms with Gasteiger partial charge in [-0.15, -0.1) is 0 Å². The van der Waals surface area contributed by atoms with E-state index in [0.29, 0.717) is 0 Å². The van der Waals surface area contributed by atoms with Crippen LogP contribution in [0.4, 0.5) is 0 Å². The maximum Gasteiger partial charge on any atom is 0.326 e. The Hall–Kier alpha value is -2.29. The van der Waals surface area contributed by atoms with E-state index in [9.17, 15) is 14.9 Å². The fourth-order valence-electron chi connectivity index (χ4n) is 2.48. The predicted molar refractivity (Wildman–Crippen MR) is 79.7 cm³/mol. The number of amides is 1. The number of rotatable bonds is 6. The van der Waals surface area contributed by atoms with Crippen LogP contribution in [0.5, 0.6) is 0 Å². The summed E-state index contributed by atoms with van der Waals surface area (Å²) in [5.41, 5.74) is 1.06. The molecule has 1 fully saturated rings. The Morgan fingerprint density at radius 1 is 1.41 bits per heavy atom. The number of hydrogen-bond acceptors (Lipinski definition) is 4. The van der Waals surface area contributed by atoms with Crippen molar-refractivity contribution < 1.29 is 14.3 Å². The second-order valence-corrected chi connectivity index (χ2v) is 6.00. The van der Waals surface area contributed by atoms with Crippen molar-refractivity contribution in [3.05, 3.63) is 23.5 Å². The molecule has 1 unspecified atom stereocenters. The number of aryl methyl sites for hydroxylation is 2. The molecule has 0 aromatic carbocycles. The first-order valence-electron chi connectivity index (χ1n) is 7.36. The number of ether oxygens (including phenoxy) is 1. The molecule has 1 aromatic heterocycles. The van der Waals surface area contributed by atoms with Gasteiger partial charge in [-0.05, 0) is 51.7 Å². The fourth-order valence-corrected chi connectivity index (χ4v) is 2.48. The summed E-state index contributed by atoms with van der Waals surface area (Å²) >= 11 is 0. The zero-order valence-corrected chi connectivity index (χ0v) is 13.2. The lowest BCUT2D eigenvalue weighted by Gasteiger charge is -2.22. The van der Waals surface area contributed by atoms with Crippen molar-refractivity contribution in [1.29, 1.82) is 5.26 Å². The summed E-state index contributed by atoms with van der Waals surface area (Å²) in [5, 5.41) is 11.8. The summed E-state index contributed by atoms with van der Waals surface area (Å²) in [4.78, 5) is 23.7. The minimum absolute atomic E-state index is 0.0795. The molecule has 0 aliphatic heterocycles. The Labute approximate surface area is 130 Å². The van der Waals surface area contributed by atoms with Gasteiger partial charge in [0.25, 0.3) is 5.91 Å². The Bertz CT molecular complexity index is 606. The highest BCUT2D eigenvalue weighted by atomic mass is 16.5. The lowest BCUT2D eigenvalue weighted by Crippen LogP contribution is -2.48. The number of carbonyl (C=O) groups is 2. The van der Waals surface area contributed by atoms with Crippen LogP contribution in [0.3, 0.4) is 0 Å². The zero-order chi connectivity index (χ0) is 16.3. The van der Waals surface area contributed by atoms with Crippen molar-refractivity contribution in [3.63, 3.8) is 0 Å². The van der Waals surface area contributed by atoms with Gasteiger partial charge in [0.15, 0.2) is 6.61 Å². The highest BCUT2D eigenvalue weighted by Crippen LogP contribution is 2.39. The number of nitrogens with zero attached hydrogens (tertiary/aromatic N) is 2. The predicted octanol–water partition coefficient (Wildman–Crippen LogP) is 1.46. The summed E-state index contributed by atoms with van der Waals surface area (Å²) < 4.78 is 6.82. The maximum atomic E-state index is 11.8. The highest BCUT2D eigenvalue weighted by molar-refractivity contribution is 5.81. The van der Waals surface area contributed by atoms with Crippen molar-refractivity contribution in [1.82, 2.24) is 9.88 Å². The van der Waals surface area contributed by atoms with Gasteiger partial charge in [-0.1, -0.05) is 0 Å². The van der Waals surface area contributed by atoms with Gasteiger partial charge in [0.1, 0.15) is 12.1 Å². The summed E-state index contributed by atoms with van der Waals surface area (Å²) in [6.07, 6.45) is 1.88. The number of nitrogens with one attached hydrogen (secondary N) is 1. The summed E-state index contributed by atoms with van der Waals surface area (Å²) in [5.74, 6) is -0.713. The van der Waals surface area contributed by atoms with E-state index in [1.807, 2.05) is 30.5 Å². The number of hydrogen-bond donors (Lipinski definition) is 1. The zero-order valence-electron chi connectivity index (χ0n) is 13.2. The minimum Gasteiger partial charge on any atom is -0.454 e. The third-order valence-electron chi connectivity index (χ3n) is 4.09. The molecule has 1 atom stereocenters. The summed E-state index contributed by atoms with van der Waals surface area (Å²) in [6.45, 7) is 5.23.